The molecule has 0 aliphatic heterocycles. The van der Waals surface area contributed by atoms with Crippen LogP contribution in [0.4, 0.5) is 0 Å². The van der Waals surface area contributed by atoms with E-state index >= 15 is 0 Å². The zero-order valence-electron chi connectivity index (χ0n) is 10.3. The van der Waals surface area contributed by atoms with Crippen LogP contribution >= 0.6 is 27.5 Å². The van der Waals surface area contributed by atoms with E-state index in [0.29, 0.717) is 17.1 Å². The quantitative estimate of drug-likeness (QED) is 0.928. The van der Waals surface area contributed by atoms with Gasteiger partial charge in [-0.05, 0) is 47.1 Å². The van der Waals surface area contributed by atoms with E-state index in [0.717, 1.165) is 4.47 Å². The van der Waals surface area contributed by atoms with Crippen molar-refractivity contribution in [1.82, 2.24) is 15.1 Å². The van der Waals surface area contributed by atoms with Gasteiger partial charge in [-0.25, -0.2) is 0 Å². The Morgan fingerprint density at radius 2 is 2.37 bits per heavy atom. The summed E-state index contributed by atoms with van der Waals surface area (Å²) < 4.78 is 2.55. The second kappa shape index (κ2) is 6.21. The molecule has 2 rings (SSSR count). The van der Waals surface area contributed by atoms with E-state index in [2.05, 4.69) is 26.3 Å². The number of nitrogens with one attached hydrogen (secondary N) is 1. The van der Waals surface area contributed by atoms with Crippen LogP contribution in [-0.4, -0.2) is 21.7 Å². The van der Waals surface area contributed by atoms with Crippen LogP contribution in [0.1, 0.15) is 17.3 Å². The summed E-state index contributed by atoms with van der Waals surface area (Å²) in [6.45, 7) is 2.56. The molecule has 1 heterocycles. The largest absolute Gasteiger partial charge is 0.348 e. The van der Waals surface area contributed by atoms with E-state index in [1.54, 1.807) is 29.1 Å². The van der Waals surface area contributed by atoms with Gasteiger partial charge in [-0.15, -0.1) is 0 Å². The van der Waals surface area contributed by atoms with Crippen molar-refractivity contribution in [2.45, 2.75) is 19.5 Å². The summed E-state index contributed by atoms with van der Waals surface area (Å²) in [6.07, 6.45) is 3.57. The molecule has 0 bridgehead atoms. The molecule has 1 amide bonds. The van der Waals surface area contributed by atoms with Gasteiger partial charge in [0, 0.05) is 28.5 Å². The van der Waals surface area contributed by atoms with Crippen LogP contribution in [0, 0.1) is 0 Å². The maximum Gasteiger partial charge on any atom is 0.251 e. The van der Waals surface area contributed by atoms with Crippen molar-refractivity contribution in [2.24, 2.45) is 0 Å². The molecule has 1 N–H and O–H groups in total. The molecule has 0 radical (unpaired) electrons. The lowest BCUT2D eigenvalue weighted by atomic mass is 10.2. The Bertz CT molecular complexity index is 571. The summed E-state index contributed by atoms with van der Waals surface area (Å²) in [5.74, 6) is -0.144. The summed E-state index contributed by atoms with van der Waals surface area (Å²) in [6, 6.07) is 6.96. The van der Waals surface area contributed by atoms with Crippen molar-refractivity contribution in [2.75, 3.05) is 0 Å². The third-order valence-electron chi connectivity index (χ3n) is 2.58. The molecule has 4 nitrogen and oxygen atoms in total. The van der Waals surface area contributed by atoms with Crippen LogP contribution in [0.25, 0.3) is 0 Å². The Hall–Kier alpha value is -1.33. The third-order valence-corrected chi connectivity index (χ3v) is 3.81. The maximum absolute atomic E-state index is 12.0. The topological polar surface area (TPSA) is 46.9 Å². The normalized spacial score (nSPS) is 12.2. The van der Waals surface area contributed by atoms with E-state index in [4.69, 9.17) is 11.6 Å². The van der Waals surface area contributed by atoms with Gasteiger partial charge in [0.1, 0.15) is 0 Å². The molecular formula is C13H13BrClN3O. The Balaban J connectivity index is 1.98. The predicted octanol–water partition coefficient (Wildman–Crippen LogP) is 3.12. The fourth-order valence-electron chi connectivity index (χ4n) is 1.68. The summed E-state index contributed by atoms with van der Waals surface area (Å²) in [7, 11) is 0. The highest BCUT2D eigenvalue weighted by atomic mass is 79.9. The monoisotopic (exact) mass is 341 g/mol. The summed E-state index contributed by atoms with van der Waals surface area (Å²) in [5, 5.41) is 7.53. The van der Waals surface area contributed by atoms with Gasteiger partial charge in [-0.2, -0.15) is 5.10 Å². The Kier molecular flexibility index (Phi) is 4.61. The van der Waals surface area contributed by atoms with Crippen molar-refractivity contribution in [3.8, 4) is 0 Å². The van der Waals surface area contributed by atoms with E-state index in [-0.39, 0.29) is 11.9 Å². The number of benzene rings is 1. The third kappa shape index (κ3) is 3.81. The van der Waals surface area contributed by atoms with Crippen molar-refractivity contribution in [1.29, 1.82) is 0 Å². The van der Waals surface area contributed by atoms with Crippen LogP contribution in [0.5, 0.6) is 0 Å². The number of nitrogens with zero attached hydrogens (tertiary/aromatic N) is 2. The molecule has 0 spiro atoms. The van der Waals surface area contributed by atoms with E-state index < -0.39 is 0 Å². The molecule has 0 fully saturated rings. The summed E-state index contributed by atoms with van der Waals surface area (Å²) in [5.41, 5.74) is 0.542. The maximum atomic E-state index is 12.0. The lowest BCUT2D eigenvalue weighted by Crippen LogP contribution is -2.35. The first-order valence-electron chi connectivity index (χ1n) is 5.79. The van der Waals surface area contributed by atoms with E-state index in [9.17, 15) is 4.79 Å². The van der Waals surface area contributed by atoms with Crippen LogP contribution in [0.2, 0.25) is 5.02 Å². The van der Waals surface area contributed by atoms with Crippen molar-refractivity contribution >= 4 is 33.4 Å². The lowest BCUT2D eigenvalue weighted by molar-refractivity contribution is 0.0936. The van der Waals surface area contributed by atoms with Gasteiger partial charge in [0.25, 0.3) is 5.91 Å². The SMILES string of the molecule is CC(Cn1cccn1)NC(=O)c1ccc(Br)c(Cl)c1. The van der Waals surface area contributed by atoms with Gasteiger partial charge >= 0.3 is 0 Å². The molecule has 6 heteroatoms. The zero-order chi connectivity index (χ0) is 13.8. The lowest BCUT2D eigenvalue weighted by Gasteiger charge is -2.14. The number of halogens is 2. The van der Waals surface area contributed by atoms with E-state index in [1.807, 2.05) is 19.2 Å². The Labute approximate surface area is 124 Å². The van der Waals surface area contributed by atoms with Gasteiger partial charge < -0.3 is 5.32 Å². The van der Waals surface area contributed by atoms with Gasteiger partial charge in [-0.3, -0.25) is 9.48 Å². The molecule has 1 aromatic carbocycles. The van der Waals surface area contributed by atoms with Crippen molar-refractivity contribution in [3.05, 3.63) is 51.7 Å². The molecule has 1 unspecified atom stereocenters. The van der Waals surface area contributed by atoms with Crippen molar-refractivity contribution in [3.63, 3.8) is 0 Å². The van der Waals surface area contributed by atoms with Gasteiger partial charge in [-0.1, -0.05) is 11.6 Å². The standard InChI is InChI=1S/C13H13BrClN3O/c1-9(8-18-6-2-5-16-18)17-13(19)10-3-4-11(14)12(15)7-10/h2-7,9H,8H2,1H3,(H,17,19). The smallest absolute Gasteiger partial charge is 0.251 e. The fraction of sp³-hybridized carbons (Fsp3) is 0.231. The number of aromatic nitrogens is 2. The highest BCUT2D eigenvalue weighted by molar-refractivity contribution is 9.10. The molecule has 0 aliphatic rings. The minimum Gasteiger partial charge on any atom is -0.348 e. The molecule has 0 saturated heterocycles. The molecular weight excluding hydrogens is 330 g/mol. The highest BCUT2D eigenvalue weighted by Gasteiger charge is 2.11. The first-order valence-corrected chi connectivity index (χ1v) is 6.96. The fourth-order valence-corrected chi connectivity index (χ4v) is 2.11. The second-order valence-electron chi connectivity index (χ2n) is 4.23. The molecule has 0 aliphatic carbocycles. The first kappa shape index (κ1) is 14.1. The average molecular weight is 343 g/mol. The number of carbonyl (C=O) groups excluding carboxylic acids is 1. The minimum absolute atomic E-state index is 0.0187. The van der Waals surface area contributed by atoms with Crippen LogP contribution < -0.4 is 5.32 Å². The summed E-state index contributed by atoms with van der Waals surface area (Å²) in [4.78, 5) is 12.0. The molecule has 0 saturated carbocycles. The first-order chi connectivity index (χ1) is 9.06. The molecule has 1 aromatic heterocycles. The molecule has 100 valence electrons. The summed E-state index contributed by atoms with van der Waals surface area (Å²) >= 11 is 9.26. The molecule has 1 atom stereocenters. The highest BCUT2D eigenvalue weighted by Crippen LogP contribution is 2.23. The van der Waals surface area contributed by atoms with E-state index in [1.165, 1.54) is 0 Å². The Morgan fingerprint density at radius 3 is 3.00 bits per heavy atom. The number of hydrogen-bond acceptors (Lipinski definition) is 2. The van der Waals surface area contributed by atoms with Gasteiger partial charge in [0.2, 0.25) is 0 Å². The minimum atomic E-state index is -0.144. The predicted molar refractivity (Wildman–Crippen MR) is 78.3 cm³/mol. The number of amides is 1. The number of carbonyl (C=O) groups is 1. The zero-order valence-corrected chi connectivity index (χ0v) is 12.6. The van der Waals surface area contributed by atoms with Crippen LogP contribution in [-0.2, 0) is 6.54 Å². The van der Waals surface area contributed by atoms with Gasteiger partial charge in [0.05, 0.1) is 11.6 Å². The Morgan fingerprint density at radius 1 is 1.58 bits per heavy atom. The molecule has 2 aromatic rings. The van der Waals surface area contributed by atoms with Crippen molar-refractivity contribution < 1.29 is 4.79 Å². The second-order valence-corrected chi connectivity index (χ2v) is 5.49. The molecule has 19 heavy (non-hydrogen) atoms. The van der Waals surface area contributed by atoms with Crippen LogP contribution in [0.3, 0.4) is 0 Å². The van der Waals surface area contributed by atoms with Gasteiger partial charge in [0.15, 0.2) is 0 Å². The average Bonchev–Trinajstić information content (AvgIpc) is 2.85. The number of rotatable bonds is 4. The number of hydrogen-bond donors (Lipinski definition) is 1. The van der Waals surface area contributed by atoms with Crippen LogP contribution in [0.15, 0.2) is 41.1 Å².